The predicted molar refractivity (Wildman–Crippen MR) is 87.5 cm³/mol. The second-order valence-electron chi connectivity index (χ2n) is 4.95. The van der Waals surface area contributed by atoms with Crippen molar-refractivity contribution in [3.63, 3.8) is 0 Å². The molecule has 0 saturated carbocycles. The lowest BCUT2D eigenvalue weighted by Crippen LogP contribution is -2.29. The second kappa shape index (κ2) is 7.85. The van der Waals surface area contributed by atoms with E-state index in [0.29, 0.717) is 17.3 Å². The minimum absolute atomic E-state index is 0.0992. The van der Waals surface area contributed by atoms with Crippen LogP contribution in [-0.2, 0) is 16.1 Å². The Balaban J connectivity index is 2.32. The number of carbonyl (C=O) groups excluding carboxylic acids is 1. The predicted octanol–water partition coefficient (Wildman–Crippen LogP) is 2.50. The number of aromatic nitrogens is 1. The monoisotopic (exact) mass is 334 g/mol. The fourth-order valence-corrected chi connectivity index (χ4v) is 3.06. The largest absolute Gasteiger partial charge is 0.481 e. The molecule has 1 aromatic heterocycles. The van der Waals surface area contributed by atoms with E-state index in [4.69, 9.17) is 9.84 Å². The highest BCUT2D eigenvalue weighted by molar-refractivity contribution is 7.15. The molecule has 1 heterocycles. The third kappa shape index (κ3) is 4.37. The van der Waals surface area contributed by atoms with Crippen LogP contribution >= 0.6 is 11.3 Å². The lowest BCUT2D eigenvalue weighted by Gasteiger charge is -2.15. The molecule has 0 spiro atoms. The van der Waals surface area contributed by atoms with Crippen LogP contribution in [0.1, 0.15) is 21.9 Å². The van der Waals surface area contributed by atoms with E-state index in [1.54, 1.807) is 14.2 Å². The maximum absolute atomic E-state index is 12.6. The first-order valence-electron chi connectivity index (χ1n) is 7.04. The molecule has 0 aliphatic carbocycles. The Labute approximate surface area is 138 Å². The summed E-state index contributed by atoms with van der Waals surface area (Å²) in [5, 5.41) is 9.46. The van der Waals surface area contributed by atoms with E-state index >= 15 is 0 Å². The van der Waals surface area contributed by atoms with E-state index < -0.39 is 5.97 Å². The lowest BCUT2D eigenvalue weighted by molar-refractivity contribution is -0.137. The zero-order valence-corrected chi connectivity index (χ0v) is 13.8. The van der Waals surface area contributed by atoms with Gasteiger partial charge in [-0.1, -0.05) is 30.3 Å². The third-order valence-electron chi connectivity index (χ3n) is 3.19. The van der Waals surface area contributed by atoms with Crippen LogP contribution in [-0.4, -0.2) is 47.6 Å². The quantitative estimate of drug-likeness (QED) is 0.841. The van der Waals surface area contributed by atoms with Crippen molar-refractivity contribution in [2.45, 2.75) is 13.0 Å². The molecule has 0 atom stereocenters. The van der Waals surface area contributed by atoms with E-state index in [-0.39, 0.29) is 18.9 Å². The molecule has 1 amide bonds. The smallest absolute Gasteiger partial charge is 0.305 e. The Bertz CT molecular complexity index is 685. The van der Waals surface area contributed by atoms with Gasteiger partial charge in [-0.15, -0.1) is 11.3 Å². The van der Waals surface area contributed by atoms with Crippen LogP contribution in [0.2, 0.25) is 0 Å². The highest BCUT2D eigenvalue weighted by atomic mass is 32.1. The van der Waals surface area contributed by atoms with Crippen molar-refractivity contribution in [2.24, 2.45) is 0 Å². The summed E-state index contributed by atoms with van der Waals surface area (Å²) in [7, 11) is 3.15. The number of benzene rings is 1. The van der Waals surface area contributed by atoms with Crippen LogP contribution in [0.15, 0.2) is 30.3 Å². The zero-order chi connectivity index (χ0) is 16.8. The summed E-state index contributed by atoms with van der Waals surface area (Å²) in [4.78, 5) is 29.8. The zero-order valence-electron chi connectivity index (χ0n) is 13.0. The number of rotatable bonds is 7. The van der Waals surface area contributed by atoms with Gasteiger partial charge >= 0.3 is 5.97 Å². The molecule has 1 N–H and O–H groups in total. The van der Waals surface area contributed by atoms with Crippen LogP contribution in [0.4, 0.5) is 0 Å². The summed E-state index contributed by atoms with van der Waals surface area (Å²) in [6.07, 6.45) is -0.0992. The number of nitrogens with zero attached hydrogens (tertiary/aromatic N) is 2. The summed E-state index contributed by atoms with van der Waals surface area (Å²) in [5.74, 6) is -1.23. The van der Waals surface area contributed by atoms with Gasteiger partial charge in [0.25, 0.3) is 5.91 Å². The number of carboxylic acids is 1. The SMILES string of the molecule is COCc1nc(C(=O)N(C)CCC(=O)O)c(-c2ccccc2)s1. The van der Waals surface area contributed by atoms with Crippen molar-refractivity contribution in [3.05, 3.63) is 41.0 Å². The van der Waals surface area contributed by atoms with Gasteiger partial charge in [0.1, 0.15) is 10.7 Å². The van der Waals surface area contributed by atoms with E-state index in [2.05, 4.69) is 4.98 Å². The topological polar surface area (TPSA) is 79.7 Å². The number of amides is 1. The molecule has 0 bridgehead atoms. The summed E-state index contributed by atoms with van der Waals surface area (Å²) in [5.41, 5.74) is 1.24. The molecule has 0 unspecified atom stereocenters. The first-order chi connectivity index (χ1) is 11.0. The standard InChI is InChI=1S/C16H18N2O4S/c1-18(9-8-13(19)20)16(21)14-15(11-6-4-3-5-7-11)23-12(17-14)10-22-2/h3-7H,8-10H2,1-2H3,(H,19,20). The van der Waals surface area contributed by atoms with E-state index in [1.807, 2.05) is 30.3 Å². The van der Waals surface area contributed by atoms with Gasteiger partial charge in [0.2, 0.25) is 0 Å². The molecule has 23 heavy (non-hydrogen) atoms. The normalized spacial score (nSPS) is 10.5. The number of aliphatic carboxylic acids is 1. The number of methoxy groups -OCH3 is 1. The van der Waals surface area contributed by atoms with Gasteiger partial charge in [-0.3, -0.25) is 9.59 Å². The highest BCUT2D eigenvalue weighted by Gasteiger charge is 2.22. The maximum Gasteiger partial charge on any atom is 0.305 e. The van der Waals surface area contributed by atoms with Crippen molar-refractivity contribution in [1.29, 1.82) is 0 Å². The van der Waals surface area contributed by atoms with Gasteiger partial charge in [-0.2, -0.15) is 0 Å². The third-order valence-corrected chi connectivity index (χ3v) is 4.26. The van der Waals surface area contributed by atoms with Crippen LogP contribution < -0.4 is 0 Å². The molecule has 2 aromatic rings. The number of ether oxygens (including phenoxy) is 1. The lowest BCUT2D eigenvalue weighted by atomic mass is 10.1. The summed E-state index contributed by atoms with van der Waals surface area (Å²) in [6.45, 7) is 0.468. The first kappa shape index (κ1) is 17.1. The average Bonchev–Trinajstić information content (AvgIpc) is 2.97. The van der Waals surface area contributed by atoms with Crippen molar-refractivity contribution < 1.29 is 19.4 Å². The van der Waals surface area contributed by atoms with Crippen molar-refractivity contribution >= 4 is 23.2 Å². The van der Waals surface area contributed by atoms with Crippen molar-refractivity contribution in [2.75, 3.05) is 20.7 Å². The Morgan fingerprint density at radius 2 is 2.00 bits per heavy atom. The van der Waals surface area contributed by atoms with Gasteiger partial charge in [0.05, 0.1) is 17.9 Å². The maximum atomic E-state index is 12.6. The molecule has 0 fully saturated rings. The number of hydrogen-bond acceptors (Lipinski definition) is 5. The van der Waals surface area contributed by atoms with Crippen LogP contribution in [0.25, 0.3) is 10.4 Å². The molecular formula is C16H18N2O4S. The highest BCUT2D eigenvalue weighted by Crippen LogP contribution is 2.31. The Morgan fingerprint density at radius 1 is 1.30 bits per heavy atom. The number of hydrogen-bond donors (Lipinski definition) is 1. The molecule has 0 aliphatic rings. The van der Waals surface area contributed by atoms with Gasteiger partial charge in [0, 0.05) is 20.7 Å². The fourth-order valence-electron chi connectivity index (χ4n) is 2.03. The molecule has 6 nitrogen and oxygen atoms in total. The Morgan fingerprint density at radius 3 is 2.61 bits per heavy atom. The molecule has 0 aliphatic heterocycles. The van der Waals surface area contributed by atoms with Crippen molar-refractivity contribution in [1.82, 2.24) is 9.88 Å². The molecular weight excluding hydrogens is 316 g/mol. The molecule has 0 saturated heterocycles. The Hall–Kier alpha value is -2.25. The van der Waals surface area contributed by atoms with E-state index in [9.17, 15) is 9.59 Å². The second-order valence-corrected chi connectivity index (χ2v) is 6.04. The van der Waals surface area contributed by atoms with Crippen LogP contribution in [0.3, 0.4) is 0 Å². The summed E-state index contributed by atoms with van der Waals surface area (Å²) in [6, 6.07) is 9.53. The minimum Gasteiger partial charge on any atom is -0.481 e. The van der Waals surface area contributed by atoms with Gasteiger partial charge in [-0.25, -0.2) is 4.98 Å². The number of thiazole rings is 1. The van der Waals surface area contributed by atoms with Gasteiger partial charge in [-0.05, 0) is 5.56 Å². The first-order valence-corrected chi connectivity index (χ1v) is 7.86. The summed E-state index contributed by atoms with van der Waals surface area (Å²) < 4.78 is 5.10. The van der Waals surface area contributed by atoms with Gasteiger partial charge in [0.15, 0.2) is 0 Å². The fraction of sp³-hybridized carbons (Fsp3) is 0.312. The number of carbonyl (C=O) groups is 2. The van der Waals surface area contributed by atoms with Gasteiger partial charge < -0.3 is 14.7 Å². The molecule has 2 rings (SSSR count). The molecule has 122 valence electrons. The van der Waals surface area contributed by atoms with Crippen LogP contribution in [0.5, 0.6) is 0 Å². The van der Waals surface area contributed by atoms with Crippen LogP contribution in [0, 0.1) is 0 Å². The van der Waals surface area contributed by atoms with Crippen molar-refractivity contribution in [3.8, 4) is 10.4 Å². The molecule has 0 radical (unpaired) electrons. The summed E-state index contributed by atoms with van der Waals surface area (Å²) >= 11 is 1.41. The number of carboxylic acid groups (broad SMARTS) is 1. The van der Waals surface area contributed by atoms with E-state index in [1.165, 1.54) is 16.2 Å². The minimum atomic E-state index is -0.939. The molecule has 7 heteroatoms. The van der Waals surface area contributed by atoms with E-state index in [0.717, 1.165) is 10.4 Å². The average molecular weight is 334 g/mol. The Kier molecular flexibility index (Phi) is 5.84. The molecule has 1 aromatic carbocycles.